The molecule has 0 saturated carbocycles. The van der Waals surface area contributed by atoms with Crippen molar-refractivity contribution in [3.63, 3.8) is 0 Å². The molecule has 3 rings (SSSR count). The number of anilines is 1. The van der Waals surface area contributed by atoms with Gasteiger partial charge in [0.1, 0.15) is 11.3 Å². The van der Waals surface area contributed by atoms with Gasteiger partial charge in [-0.3, -0.25) is 0 Å². The summed E-state index contributed by atoms with van der Waals surface area (Å²) in [5.74, 6) is 0.929. The van der Waals surface area contributed by atoms with Crippen molar-refractivity contribution in [2.45, 2.75) is 26.2 Å². The van der Waals surface area contributed by atoms with Crippen molar-refractivity contribution in [1.82, 2.24) is 14.5 Å². The predicted molar refractivity (Wildman–Crippen MR) is 88.6 cm³/mol. The lowest BCUT2D eigenvalue weighted by atomic mass is 9.94. The summed E-state index contributed by atoms with van der Waals surface area (Å²) in [5.41, 5.74) is 5.68. The molecule has 2 aromatic heterocycles. The number of hydrogen-bond donors (Lipinski definition) is 1. The van der Waals surface area contributed by atoms with E-state index >= 15 is 0 Å². The first-order valence-electron chi connectivity index (χ1n) is 7.67. The molecule has 1 aliphatic carbocycles. The van der Waals surface area contributed by atoms with Crippen molar-refractivity contribution in [3.8, 4) is 0 Å². The summed E-state index contributed by atoms with van der Waals surface area (Å²) in [6, 6.07) is 2.08. The third-order valence-electron chi connectivity index (χ3n) is 4.36. The van der Waals surface area contributed by atoms with E-state index < -0.39 is 0 Å². The van der Waals surface area contributed by atoms with Crippen LogP contribution in [0.4, 0.5) is 5.82 Å². The Morgan fingerprint density at radius 1 is 1.32 bits per heavy atom. The molecule has 1 aliphatic rings. The minimum atomic E-state index is 0.153. The Morgan fingerprint density at radius 2 is 2.14 bits per heavy atom. The topological polar surface area (TPSA) is 54.2 Å². The molecule has 0 aliphatic heterocycles. The third-order valence-corrected chi connectivity index (χ3v) is 4.36. The zero-order valence-corrected chi connectivity index (χ0v) is 13.4. The Labute approximate surface area is 130 Å². The van der Waals surface area contributed by atoms with Gasteiger partial charge < -0.3 is 14.6 Å². The molecule has 0 fully saturated rings. The van der Waals surface area contributed by atoms with Crippen molar-refractivity contribution in [2.75, 3.05) is 18.6 Å². The maximum atomic E-state index is 9.34. The normalized spacial score (nSPS) is 15.4. The lowest BCUT2D eigenvalue weighted by Gasteiger charge is -2.27. The average molecular weight is 298 g/mol. The van der Waals surface area contributed by atoms with Gasteiger partial charge in [0, 0.05) is 25.9 Å². The molecule has 0 saturated heterocycles. The maximum absolute atomic E-state index is 9.34. The van der Waals surface area contributed by atoms with Crippen LogP contribution in [0.3, 0.4) is 0 Å². The van der Waals surface area contributed by atoms with Crippen LogP contribution in [0.25, 0.3) is 11.0 Å². The molecule has 2 heterocycles. The number of aromatic nitrogens is 3. The Bertz CT molecular complexity index is 757. The van der Waals surface area contributed by atoms with E-state index in [0.29, 0.717) is 0 Å². The van der Waals surface area contributed by atoms with Crippen LogP contribution in [0.2, 0.25) is 0 Å². The number of fused-ring (bicyclic) bond motifs is 1. The zero-order chi connectivity index (χ0) is 15.7. The van der Waals surface area contributed by atoms with E-state index in [-0.39, 0.29) is 6.61 Å². The summed E-state index contributed by atoms with van der Waals surface area (Å²) in [6.07, 6.45) is 8.58. The van der Waals surface area contributed by atoms with E-state index in [4.69, 9.17) is 0 Å². The van der Waals surface area contributed by atoms with Crippen LogP contribution in [0, 0.1) is 0 Å². The molecule has 0 amide bonds. The van der Waals surface area contributed by atoms with Crippen molar-refractivity contribution in [3.05, 3.63) is 41.5 Å². The van der Waals surface area contributed by atoms with Crippen LogP contribution >= 0.6 is 0 Å². The van der Waals surface area contributed by atoms with Crippen molar-refractivity contribution >= 4 is 16.9 Å². The fraction of sp³-hybridized carbons (Fsp3) is 0.412. The predicted octanol–water partition coefficient (Wildman–Crippen LogP) is 2.78. The van der Waals surface area contributed by atoms with Gasteiger partial charge in [-0.1, -0.05) is 13.0 Å². The zero-order valence-electron chi connectivity index (χ0n) is 13.4. The van der Waals surface area contributed by atoms with Crippen LogP contribution in [0.15, 0.2) is 41.5 Å². The van der Waals surface area contributed by atoms with Crippen molar-refractivity contribution in [2.24, 2.45) is 7.05 Å². The summed E-state index contributed by atoms with van der Waals surface area (Å²) in [6.45, 7) is 2.30. The second-order valence-electron chi connectivity index (χ2n) is 5.73. The number of allylic oxidation sites excluding steroid dienone is 3. The van der Waals surface area contributed by atoms with Crippen LogP contribution in [0.1, 0.15) is 26.2 Å². The van der Waals surface area contributed by atoms with Gasteiger partial charge in [-0.25, -0.2) is 9.97 Å². The molecule has 116 valence electrons. The van der Waals surface area contributed by atoms with E-state index in [1.54, 1.807) is 0 Å². The van der Waals surface area contributed by atoms with Gasteiger partial charge in [-0.05, 0) is 30.4 Å². The number of pyridine rings is 1. The minimum Gasteiger partial charge on any atom is -0.392 e. The number of nitrogens with zero attached hydrogens (tertiary/aromatic N) is 4. The summed E-state index contributed by atoms with van der Waals surface area (Å²) in [5, 5.41) is 9.34. The molecule has 0 radical (unpaired) electrons. The number of aryl methyl sites for hydroxylation is 1. The van der Waals surface area contributed by atoms with Gasteiger partial charge >= 0.3 is 0 Å². The highest BCUT2D eigenvalue weighted by Crippen LogP contribution is 2.30. The monoisotopic (exact) mass is 298 g/mol. The van der Waals surface area contributed by atoms with E-state index in [9.17, 15) is 5.11 Å². The van der Waals surface area contributed by atoms with Gasteiger partial charge in [0.05, 0.1) is 24.6 Å². The number of rotatable bonds is 4. The first-order valence-corrected chi connectivity index (χ1v) is 7.67. The lowest BCUT2D eigenvalue weighted by molar-refractivity contribution is 0.325. The van der Waals surface area contributed by atoms with Crippen molar-refractivity contribution < 1.29 is 5.11 Å². The van der Waals surface area contributed by atoms with Crippen LogP contribution in [-0.4, -0.2) is 33.3 Å². The average Bonchev–Trinajstić information content (AvgIpc) is 2.94. The number of hydrogen-bond acceptors (Lipinski definition) is 4. The van der Waals surface area contributed by atoms with E-state index in [2.05, 4.69) is 41.0 Å². The molecule has 2 aromatic rings. The van der Waals surface area contributed by atoms with Gasteiger partial charge in [0.15, 0.2) is 0 Å². The maximum Gasteiger partial charge on any atom is 0.134 e. The molecule has 0 aromatic carbocycles. The number of aliphatic hydroxyl groups excluding tert-OH is 1. The van der Waals surface area contributed by atoms with E-state index in [0.717, 1.165) is 41.7 Å². The van der Waals surface area contributed by atoms with Crippen LogP contribution < -0.4 is 4.90 Å². The van der Waals surface area contributed by atoms with Gasteiger partial charge in [-0.2, -0.15) is 0 Å². The van der Waals surface area contributed by atoms with Gasteiger partial charge in [-0.15, -0.1) is 0 Å². The number of imidazole rings is 1. The fourth-order valence-electron chi connectivity index (χ4n) is 3.00. The standard InChI is InChI=1S/C17H22N4O/c1-4-13-7-12(10-22)5-6-15(13)21(3)17-8-16-14(9-18-17)19-11-20(16)2/h7-9,11,22H,4-6,10H2,1-3H3. The van der Waals surface area contributed by atoms with Gasteiger partial charge in [0.2, 0.25) is 0 Å². The number of aliphatic hydroxyl groups is 1. The van der Waals surface area contributed by atoms with E-state index in [1.807, 2.05) is 24.1 Å². The summed E-state index contributed by atoms with van der Waals surface area (Å²) < 4.78 is 2.01. The molecule has 22 heavy (non-hydrogen) atoms. The Morgan fingerprint density at radius 3 is 2.86 bits per heavy atom. The second-order valence-corrected chi connectivity index (χ2v) is 5.73. The first-order chi connectivity index (χ1) is 10.6. The highest BCUT2D eigenvalue weighted by atomic mass is 16.3. The molecule has 0 atom stereocenters. The Hall–Kier alpha value is -2.14. The minimum absolute atomic E-state index is 0.153. The molecule has 0 spiro atoms. The molecule has 5 heteroatoms. The lowest BCUT2D eigenvalue weighted by Crippen LogP contribution is -2.21. The Balaban J connectivity index is 2.00. The summed E-state index contributed by atoms with van der Waals surface area (Å²) >= 11 is 0. The molecule has 0 unspecified atom stereocenters. The van der Waals surface area contributed by atoms with Crippen LogP contribution in [0.5, 0.6) is 0 Å². The molecule has 5 nitrogen and oxygen atoms in total. The van der Waals surface area contributed by atoms with E-state index in [1.165, 1.54) is 11.3 Å². The third kappa shape index (κ3) is 2.52. The summed E-state index contributed by atoms with van der Waals surface area (Å²) in [4.78, 5) is 11.0. The highest BCUT2D eigenvalue weighted by molar-refractivity contribution is 5.77. The fourth-order valence-corrected chi connectivity index (χ4v) is 3.00. The smallest absolute Gasteiger partial charge is 0.134 e. The molecule has 1 N–H and O–H groups in total. The van der Waals surface area contributed by atoms with Gasteiger partial charge in [0.25, 0.3) is 0 Å². The first kappa shape index (κ1) is 14.8. The second kappa shape index (κ2) is 5.93. The molecular weight excluding hydrogens is 276 g/mol. The largest absolute Gasteiger partial charge is 0.392 e. The Kier molecular flexibility index (Phi) is 3.98. The van der Waals surface area contributed by atoms with Crippen molar-refractivity contribution in [1.29, 1.82) is 0 Å². The molecular formula is C17H22N4O. The summed E-state index contributed by atoms with van der Waals surface area (Å²) in [7, 11) is 4.06. The SMILES string of the molecule is CCC1=C(N(C)c2cc3c(cn2)ncn3C)CCC(CO)=C1. The molecule has 0 bridgehead atoms. The van der Waals surface area contributed by atoms with Crippen LogP contribution in [-0.2, 0) is 7.05 Å². The quantitative estimate of drug-likeness (QED) is 0.943. The highest BCUT2D eigenvalue weighted by Gasteiger charge is 2.18.